The zero-order valence-corrected chi connectivity index (χ0v) is 7.17. The Morgan fingerprint density at radius 1 is 1.50 bits per heavy atom. The van der Waals surface area contributed by atoms with Crippen LogP contribution in [-0.4, -0.2) is 11.7 Å². The van der Waals surface area contributed by atoms with Crippen LogP contribution in [0.1, 0.15) is 13.3 Å². The molecule has 66 valence electrons. The molecule has 0 radical (unpaired) electrons. The van der Waals surface area contributed by atoms with Gasteiger partial charge >= 0.3 is 0 Å². The maximum absolute atomic E-state index is 9.12. The highest BCUT2D eigenvalue weighted by molar-refractivity contribution is 5.61. The Hall–Kier alpha value is -1.38. The van der Waals surface area contributed by atoms with E-state index in [0.717, 1.165) is 18.7 Å². The SMILES string of the molecule is CCCNc1ccc(O)c(N)c1. The standard InChI is InChI=1S/C9H14N2O/c1-2-5-11-7-3-4-9(12)8(10)6-7/h3-4,6,11-12H,2,5,10H2,1H3. The van der Waals surface area contributed by atoms with Gasteiger partial charge in [-0.15, -0.1) is 0 Å². The lowest BCUT2D eigenvalue weighted by molar-refractivity contribution is 0.478. The molecule has 0 atom stereocenters. The predicted molar refractivity (Wildman–Crippen MR) is 51.3 cm³/mol. The number of rotatable bonds is 3. The molecule has 0 aliphatic carbocycles. The van der Waals surface area contributed by atoms with Crippen LogP contribution < -0.4 is 11.1 Å². The van der Waals surface area contributed by atoms with Crippen LogP contribution >= 0.6 is 0 Å². The number of anilines is 2. The highest BCUT2D eigenvalue weighted by Crippen LogP contribution is 2.22. The van der Waals surface area contributed by atoms with Crippen LogP contribution in [0.5, 0.6) is 5.75 Å². The maximum Gasteiger partial charge on any atom is 0.138 e. The molecule has 0 aliphatic rings. The fraction of sp³-hybridized carbons (Fsp3) is 0.333. The van der Waals surface area contributed by atoms with Gasteiger partial charge in [0.2, 0.25) is 0 Å². The summed E-state index contributed by atoms with van der Waals surface area (Å²) in [6, 6.07) is 5.12. The van der Waals surface area contributed by atoms with Crippen LogP contribution in [0.2, 0.25) is 0 Å². The Labute approximate surface area is 72.2 Å². The second-order valence-electron chi connectivity index (χ2n) is 2.70. The van der Waals surface area contributed by atoms with Crippen LogP contribution in [0.4, 0.5) is 11.4 Å². The van der Waals surface area contributed by atoms with Gasteiger partial charge < -0.3 is 16.2 Å². The molecule has 1 aromatic rings. The van der Waals surface area contributed by atoms with Gasteiger partial charge in [-0.1, -0.05) is 6.92 Å². The molecule has 3 heteroatoms. The van der Waals surface area contributed by atoms with Crippen molar-refractivity contribution in [1.29, 1.82) is 0 Å². The molecular formula is C9H14N2O. The van der Waals surface area contributed by atoms with Gasteiger partial charge in [0.1, 0.15) is 5.75 Å². The smallest absolute Gasteiger partial charge is 0.138 e. The summed E-state index contributed by atoms with van der Waals surface area (Å²) in [6.45, 7) is 3.01. The zero-order chi connectivity index (χ0) is 8.97. The van der Waals surface area contributed by atoms with Crippen molar-refractivity contribution in [3.05, 3.63) is 18.2 Å². The van der Waals surface area contributed by atoms with E-state index in [1.807, 2.05) is 0 Å². The minimum absolute atomic E-state index is 0.136. The first-order chi connectivity index (χ1) is 5.74. The molecule has 0 aromatic heterocycles. The lowest BCUT2D eigenvalue weighted by atomic mass is 10.2. The fourth-order valence-electron chi connectivity index (χ4n) is 0.934. The quantitative estimate of drug-likeness (QED) is 0.364. The van der Waals surface area contributed by atoms with Crippen molar-refractivity contribution in [3.8, 4) is 5.75 Å². The summed E-state index contributed by atoms with van der Waals surface area (Å²) in [7, 11) is 0. The average molecular weight is 166 g/mol. The number of benzene rings is 1. The van der Waals surface area contributed by atoms with Gasteiger partial charge in [0.05, 0.1) is 5.69 Å². The van der Waals surface area contributed by atoms with Crippen LogP contribution in [0, 0.1) is 0 Å². The molecule has 0 saturated heterocycles. The second kappa shape index (κ2) is 3.85. The summed E-state index contributed by atoms with van der Waals surface area (Å²) >= 11 is 0. The third-order valence-corrected chi connectivity index (χ3v) is 1.61. The summed E-state index contributed by atoms with van der Waals surface area (Å²) in [6.07, 6.45) is 1.07. The molecule has 0 bridgehead atoms. The van der Waals surface area contributed by atoms with Crippen LogP contribution in [0.25, 0.3) is 0 Å². The lowest BCUT2D eigenvalue weighted by Gasteiger charge is -2.05. The summed E-state index contributed by atoms with van der Waals surface area (Å²) in [5.74, 6) is 0.136. The molecule has 1 aromatic carbocycles. The van der Waals surface area contributed by atoms with E-state index in [1.165, 1.54) is 0 Å². The Morgan fingerprint density at radius 2 is 2.25 bits per heavy atom. The van der Waals surface area contributed by atoms with Crippen molar-refractivity contribution < 1.29 is 5.11 Å². The summed E-state index contributed by atoms with van der Waals surface area (Å²) < 4.78 is 0. The second-order valence-corrected chi connectivity index (χ2v) is 2.70. The van der Waals surface area contributed by atoms with Gasteiger partial charge in [0, 0.05) is 12.2 Å². The first kappa shape index (κ1) is 8.71. The van der Waals surface area contributed by atoms with Crippen molar-refractivity contribution in [1.82, 2.24) is 0 Å². The van der Waals surface area contributed by atoms with Crippen molar-refractivity contribution in [2.45, 2.75) is 13.3 Å². The fourth-order valence-corrected chi connectivity index (χ4v) is 0.934. The van der Waals surface area contributed by atoms with E-state index in [-0.39, 0.29) is 5.75 Å². The molecule has 3 nitrogen and oxygen atoms in total. The third kappa shape index (κ3) is 2.05. The van der Waals surface area contributed by atoms with E-state index in [9.17, 15) is 0 Å². The number of nitrogen functional groups attached to an aromatic ring is 1. The molecule has 1 rings (SSSR count). The third-order valence-electron chi connectivity index (χ3n) is 1.61. The van der Waals surface area contributed by atoms with E-state index >= 15 is 0 Å². The van der Waals surface area contributed by atoms with Crippen LogP contribution in [-0.2, 0) is 0 Å². The van der Waals surface area contributed by atoms with Gasteiger partial charge in [-0.2, -0.15) is 0 Å². The number of nitrogens with two attached hydrogens (primary N) is 1. The van der Waals surface area contributed by atoms with Crippen molar-refractivity contribution in [3.63, 3.8) is 0 Å². The van der Waals surface area contributed by atoms with Crippen LogP contribution in [0.15, 0.2) is 18.2 Å². The van der Waals surface area contributed by atoms with E-state index in [4.69, 9.17) is 10.8 Å². The molecule has 0 aliphatic heterocycles. The number of hydrogen-bond acceptors (Lipinski definition) is 3. The van der Waals surface area contributed by atoms with E-state index in [2.05, 4.69) is 12.2 Å². The van der Waals surface area contributed by atoms with E-state index in [1.54, 1.807) is 18.2 Å². The van der Waals surface area contributed by atoms with Crippen molar-refractivity contribution >= 4 is 11.4 Å². The molecule has 0 spiro atoms. The molecule has 4 N–H and O–H groups in total. The normalized spacial score (nSPS) is 9.75. The number of phenols is 1. The van der Waals surface area contributed by atoms with Gasteiger partial charge in [-0.25, -0.2) is 0 Å². The molecule has 12 heavy (non-hydrogen) atoms. The average Bonchev–Trinajstić information content (AvgIpc) is 2.07. The Kier molecular flexibility index (Phi) is 2.80. The van der Waals surface area contributed by atoms with E-state index < -0.39 is 0 Å². The zero-order valence-electron chi connectivity index (χ0n) is 7.17. The van der Waals surface area contributed by atoms with Gasteiger partial charge in [0.25, 0.3) is 0 Å². The van der Waals surface area contributed by atoms with Gasteiger partial charge in [0.15, 0.2) is 0 Å². The Balaban J connectivity index is 2.69. The first-order valence-electron chi connectivity index (χ1n) is 4.06. The van der Waals surface area contributed by atoms with E-state index in [0.29, 0.717) is 5.69 Å². The minimum Gasteiger partial charge on any atom is -0.506 e. The van der Waals surface area contributed by atoms with Crippen LogP contribution in [0.3, 0.4) is 0 Å². The molecule has 0 fully saturated rings. The molecule has 0 unspecified atom stereocenters. The number of nitrogens with one attached hydrogen (secondary N) is 1. The minimum atomic E-state index is 0.136. The molecule has 0 heterocycles. The van der Waals surface area contributed by atoms with Gasteiger partial charge in [-0.05, 0) is 24.6 Å². The Morgan fingerprint density at radius 3 is 2.83 bits per heavy atom. The summed E-state index contributed by atoms with van der Waals surface area (Å²) in [5.41, 5.74) is 6.87. The van der Waals surface area contributed by atoms with Gasteiger partial charge in [-0.3, -0.25) is 0 Å². The Bertz CT molecular complexity index is 261. The number of aromatic hydroxyl groups is 1. The number of phenolic OH excluding ortho intramolecular Hbond substituents is 1. The number of hydrogen-bond donors (Lipinski definition) is 3. The summed E-state index contributed by atoms with van der Waals surface area (Å²) in [5, 5.41) is 12.3. The monoisotopic (exact) mass is 166 g/mol. The largest absolute Gasteiger partial charge is 0.506 e. The molecular weight excluding hydrogens is 152 g/mol. The summed E-state index contributed by atoms with van der Waals surface area (Å²) in [4.78, 5) is 0. The molecule has 0 amide bonds. The first-order valence-corrected chi connectivity index (χ1v) is 4.06. The highest BCUT2D eigenvalue weighted by Gasteiger charge is 1.96. The highest BCUT2D eigenvalue weighted by atomic mass is 16.3. The topological polar surface area (TPSA) is 58.3 Å². The van der Waals surface area contributed by atoms with Crippen molar-refractivity contribution in [2.24, 2.45) is 0 Å². The lowest BCUT2D eigenvalue weighted by Crippen LogP contribution is -1.99. The maximum atomic E-state index is 9.12. The van der Waals surface area contributed by atoms with Crippen molar-refractivity contribution in [2.75, 3.05) is 17.6 Å². The predicted octanol–water partition coefficient (Wildman–Crippen LogP) is 1.80. The molecule has 0 saturated carbocycles.